The molecule has 0 fully saturated rings. The third kappa shape index (κ3) is 1.80. The molecule has 0 nitrogen and oxygen atoms in total. The first-order valence-electron chi connectivity index (χ1n) is 3.82. The Kier molecular flexibility index (Phi) is 3.26. The largest absolute Gasteiger partial charge is 0.250 e. The molecule has 0 N–H and O–H groups in total. The number of benzene rings is 1. The first kappa shape index (κ1) is 11.9. The highest BCUT2D eigenvalue weighted by atomic mass is 19.2. The van der Waals surface area contributed by atoms with Crippen LogP contribution in [0.1, 0.15) is 12.5 Å². The summed E-state index contributed by atoms with van der Waals surface area (Å²) in [5, 5.41) is 0. The van der Waals surface area contributed by atoms with E-state index in [2.05, 4.69) is 0 Å². The van der Waals surface area contributed by atoms with E-state index >= 15 is 0 Å². The summed E-state index contributed by atoms with van der Waals surface area (Å²) in [7, 11) is 0. The van der Waals surface area contributed by atoms with Crippen molar-refractivity contribution in [3.05, 3.63) is 40.6 Å². The first-order chi connectivity index (χ1) is 6.91. The van der Waals surface area contributed by atoms with Crippen LogP contribution in [0.3, 0.4) is 0 Å². The molecular formula is C9H5F6. The third-order valence-corrected chi connectivity index (χ3v) is 1.84. The van der Waals surface area contributed by atoms with E-state index in [9.17, 15) is 26.3 Å². The fourth-order valence-corrected chi connectivity index (χ4v) is 1.05. The highest BCUT2D eigenvalue weighted by Gasteiger charge is 2.28. The number of rotatable bonds is 2. The lowest BCUT2D eigenvalue weighted by Crippen LogP contribution is -2.11. The van der Waals surface area contributed by atoms with Gasteiger partial charge in [0, 0.05) is 11.5 Å². The second kappa shape index (κ2) is 4.12. The van der Waals surface area contributed by atoms with Crippen LogP contribution in [0.4, 0.5) is 26.3 Å². The summed E-state index contributed by atoms with van der Waals surface area (Å²) < 4.78 is 75.7. The standard InChI is InChI=1S/C9H5F6/c1-3(2-10)4-5(11)7(13)9(15)8(14)6(4)12/h2H2,1H3. The molecule has 6 heteroatoms. The number of alkyl halides is 1. The molecule has 0 aromatic heterocycles. The van der Waals surface area contributed by atoms with E-state index < -0.39 is 47.2 Å². The second-order valence-electron chi connectivity index (χ2n) is 2.86. The van der Waals surface area contributed by atoms with Crippen molar-refractivity contribution >= 4 is 0 Å². The van der Waals surface area contributed by atoms with E-state index in [0.717, 1.165) is 6.92 Å². The van der Waals surface area contributed by atoms with Crippen LogP contribution >= 0.6 is 0 Å². The Morgan fingerprint density at radius 3 is 1.47 bits per heavy atom. The Labute approximate surface area is 81.5 Å². The van der Waals surface area contributed by atoms with Crippen molar-refractivity contribution in [3.8, 4) is 0 Å². The molecule has 0 atom stereocenters. The van der Waals surface area contributed by atoms with Gasteiger partial charge in [-0.25, -0.2) is 22.0 Å². The Balaban J connectivity index is 3.52. The van der Waals surface area contributed by atoms with Crippen LogP contribution in [0.15, 0.2) is 0 Å². The molecule has 0 amide bonds. The van der Waals surface area contributed by atoms with Gasteiger partial charge in [-0.15, -0.1) is 0 Å². The van der Waals surface area contributed by atoms with Gasteiger partial charge in [-0.05, 0) is 0 Å². The second-order valence-corrected chi connectivity index (χ2v) is 2.86. The van der Waals surface area contributed by atoms with E-state index in [0.29, 0.717) is 0 Å². The molecule has 0 aliphatic carbocycles. The van der Waals surface area contributed by atoms with Gasteiger partial charge in [0.1, 0.15) is 0 Å². The van der Waals surface area contributed by atoms with Gasteiger partial charge in [-0.3, -0.25) is 4.39 Å². The summed E-state index contributed by atoms with van der Waals surface area (Å²) >= 11 is 0. The third-order valence-electron chi connectivity index (χ3n) is 1.84. The monoisotopic (exact) mass is 227 g/mol. The van der Waals surface area contributed by atoms with Crippen molar-refractivity contribution in [1.82, 2.24) is 0 Å². The van der Waals surface area contributed by atoms with Crippen LogP contribution in [0.25, 0.3) is 0 Å². The summed E-state index contributed by atoms with van der Waals surface area (Å²) in [6.07, 6.45) is 0. The van der Waals surface area contributed by atoms with Gasteiger partial charge in [0.2, 0.25) is 5.82 Å². The highest BCUT2D eigenvalue weighted by Crippen LogP contribution is 2.28. The summed E-state index contributed by atoms with van der Waals surface area (Å²) in [4.78, 5) is 0. The van der Waals surface area contributed by atoms with Gasteiger partial charge in [0.15, 0.2) is 23.3 Å². The van der Waals surface area contributed by atoms with Crippen LogP contribution in [0.5, 0.6) is 0 Å². The minimum absolute atomic E-state index is 0.553. The molecule has 1 aromatic carbocycles. The van der Waals surface area contributed by atoms with E-state index in [1.165, 1.54) is 0 Å². The van der Waals surface area contributed by atoms with E-state index in [1.807, 2.05) is 0 Å². The molecule has 0 unspecified atom stereocenters. The van der Waals surface area contributed by atoms with Crippen molar-refractivity contribution < 1.29 is 26.3 Å². The molecule has 0 aliphatic heterocycles. The maximum Gasteiger partial charge on any atom is 0.200 e. The van der Waals surface area contributed by atoms with Crippen LogP contribution in [-0.4, -0.2) is 6.67 Å². The van der Waals surface area contributed by atoms with Crippen LogP contribution in [0, 0.1) is 35.0 Å². The molecule has 83 valence electrons. The number of halogens is 6. The Morgan fingerprint density at radius 2 is 1.13 bits per heavy atom. The van der Waals surface area contributed by atoms with E-state index in [4.69, 9.17) is 0 Å². The Hall–Kier alpha value is -1.20. The molecular weight excluding hydrogens is 222 g/mol. The predicted octanol–water partition coefficient (Wildman–Crippen LogP) is 3.29. The van der Waals surface area contributed by atoms with Crippen molar-refractivity contribution in [1.29, 1.82) is 0 Å². The predicted molar refractivity (Wildman–Crippen MR) is 40.2 cm³/mol. The van der Waals surface area contributed by atoms with Crippen molar-refractivity contribution in [3.63, 3.8) is 0 Å². The smallest absolute Gasteiger partial charge is 0.200 e. The van der Waals surface area contributed by atoms with Crippen LogP contribution in [-0.2, 0) is 0 Å². The molecule has 0 aliphatic rings. The van der Waals surface area contributed by atoms with Crippen LogP contribution < -0.4 is 0 Å². The number of hydrogen-bond acceptors (Lipinski definition) is 0. The molecule has 0 saturated carbocycles. The minimum Gasteiger partial charge on any atom is -0.250 e. The summed E-state index contributed by atoms with van der Waals surface area (Å²) in [6.45, 7) is -0.351. The molecule has 15 heavy (non-hydrogen) atoms. The summed E-state index contributed by atoms with van der Waals surface area (Å²) in [5.41, 5.74) is -1.20. The van der Waals surface area contributed by atoms with Gasteiger partial charge >= 0.3 is 0 Å². The fraction of sp³-hybridized carbons (Fsp3) is 0.222. The molecule has 1 radical (unpaired) electrons. The molecule has 0 bridgehead atoms. The van der Waals surface area contributed by atoms with E-state index in [-0.39, 0.29) is 0 Å². The lowest BCUT2D eigenvalue weighted by atomic mass is 10.0. The van der Waals surface area contributed by atoms with Gasteiger partial charge in [0.25, 0.3) is 0 Å². The zero-order chi connectivity index (χ0) is 11.7. The first-order valence-corrected chi connectivity index (χ1v) is 3.82. The molecule has 0 heterocycles. The maximum absolute atomic E-state index is 12.9. The molecule has 0 saturated heterocycles. The fourth-order valence-electron chi connectivity index (χ4n) is 1.05. The van der Waals surface area contributed by atoms with Crippen molar-refractivity contribution in [2.24, 2.45) is 0 Å². The van der Waals surface area contributed by atoms with Gasteiger partial charge in [-0.2, -0.15) is 0 Å². The average molecular weight is 227 g/mol. The zero-order valence-electron chi connectivity index (χ0n) is 7.47. The van der Waals surface area contributed by atoms with Gasteiger partial charge in [0.05, 0.1) is 6.67 Å². The molecule has 1 rings (SSSR count). The summed E-state index contributed by atoms with van der Waals surface area (Å²) in [5.74, 6) is -11.0. The topological polar surface area (TPSA) is 0 Å². The maximum atomic E-state index is 12.9. The van der Waals surface area contributed by atoms with Gasteiger partial charge < -0.3 is 0 Å². The summed E-state index contributed by atoms with van der Waals surface area (Å²) in [6, 6.07) is 0. The van der Waals surface area contributed by atoms with Gasteiger partial charge in [-0.1, -0.05) is 6.92 Å². The van der Waals surface area contributed by atoms with E-state index in [1.54, 1.807) is 0 Å². The Morgan fingerprint density at radius 1 is 0.800 bits per heavy atom. The quantitative estimate of drug-likeness (QED) is 0.413. The lowest BCUT2D eigenvalue weighted by molar-refractivity contribution is 0.369. The number of hydrogen-bond donors (Lipinski definition) is 0. The van der Waals surface area contributed by atoms with Crippen LogP contribution in [0.2, 0.25) is 0 Å². The highest BCUT2D eigenvalue weighted by molar-refractivity contribution is 5.34. The normalized spacial score (nSPS) is 11.2. The molecule has 1 aromatic rings. The van der Waals surface area contributed by atoms with Crippen molar-refractivity contribution in [2.75, 3.05) is 6.67 Å². The zero-order valence-corrected chi connectivity index (χ0v) is 7.47. The lowest BCUT2D eigenvalue weighted by Gasteiger charge is -2.11. The Bertz CT molecular complexity index is 358. The van der Waals surface area contributed by atoms with Crippen molar-refractivity contribution in [2.45, 2.75) is 6.92 Å². The average Bonchev–Trinajstić information content (AvgIpc) is 2.23. The minimum atomic E-state index is -2.25. The SMILES string of the molecule is C[C](CF)c1c(F)c(F)c(F)c(F)c1F. The molecule has 0 spiro atoms.